The van der Waals surface area contributed by atoms with E-state index in [0.29, 0.717) is 16.3 Å². The smallest absolute Gasteiger partial charge is 0.311 e. The van der Waals surface area contributed by atoms with E-state index in [1.165, 1.54) is 0 Å². The number of ether oxygens (including phenoxy) is 1. The molecule has 158 valence electrons. The molecule has 30 heavy (non-hydrogen) atoms. The lowest BCUT2D eigenvalue weighted by atomic mass is 10.1. The van der Waals surface area contributed by atoms with Crippen molar-refractivity contribution in [1.29, 1.82) is 0 Å². The molecule has 3 rings (SSSR count). The van der Waals surface area contributed by atoms with Crippen LogP contribution in [0.25, 0.3) is 0 Å². The Kier molecular flexibility index (Phi) is 7.15. The number of esters is 1. The third-order valence-electron chi connectivity index (χ3n) is 5.08. The highest BCUT2D eigenvalue weighted by atomic mass is 79.9. The van der Waals surface area contributed by atoms with Crippen molar-refractivity contribution in [2.75, 3.05) is 23.4 Å². The van der Waals surface area contributed by atoms with E-state index in [1.54, 1.807) is 24.0 Å². The lowest BCUT2D eigenvalue weighted by Gasteiger charge is -2.19. The van der Waals surface area contributed by atoms with Crippen molar-refractivity contribution < 1.29 is 19.1 Å². The molecule has 0 bridgehead atoms. The molecule has 0 unspecified atom stereocenters. The van der Waals surface area contributed by atoms with Gasteiger partial charge < -0.3 is 15.0 Å². The van der Waals surface area contributed by atoms with Crippen molar-refractivity contribution in [3.05, 3.63) is 57.0 Å². The fourth-order valence-electron chi connectivity index (χ4n) is 3.40. The summed E-state index contributed by atoms with van der Waals surface area (Å²) in [6, 6.07) is 11.1. The first-order valence-corrected chi connectivity index (χ1v) is 10.8. The molecule has 1 aliphatic rings. The number of benzene rings is 2. The molecule has 1 heterocycles. The van der Waals surface area contributed by atoms with Crippen molar-refractivity contribution >= 4 is 56.7 Å². The van der Waals surface area contributed by atoms with Gasteiger partial charge in [-0.25, -0.2) is 0 Å². The number of anilines is 2. The van der Waals surface area contributed by atoms with Crippen LogP contribution in [0.2, 0.25) is 5.02 Å². The second-order valence-electron chi connectivity index (χ2n) is 7.08. The predicted molar refractivity (Wildman–Crippen MR) is 120 cm³/mol. The lowest BCUT2D eigenvalue weighted by Crippen LogP contribution is -2.28. The number of amides is 2. The third-order valence-corrected chi connectivity index (χ3v) is 6.46. The third kappa shape index (κ3) is 4.84. The molecule has 1 fully saturated rings. The van der Waals surface area contributed by atoms with Gasteiger partial charge in [0.15, 0.2) is 6.61 Å². The summed E-state index contributed by atoms with van der Waals surface area (Å²) in [5.41, 5.74) is 3.11. The van der Waals surface area contributed by atoms with Crippen LogP contribution >= 0.6 is 27.5 Å². The van der Waals surface area contributed by atoms with E-state index in [-0.39, 0.29) is 18.9 Å². The van der Waals surface area contributed by atoms with Gasteiger partial charge in [0.2, 0.25) is 5.91 Å². The van der Waals surface area contributed by atoms with Crippen LogP contribution in [0.15, 0.2) is 40.9 Å². The molecule has 0 spiro atoms. The summed E-state index contributed by atoms with van der Waals surface area (Å²) in [5, 5.41) is 3.19. The molecule has 2 aromatic carbocycles. The van der Waals surface area contributed by atoms with Crippen LogP contribution in [0.3, 0.4) is 0 Å². The summed E-state index contributed by atoms with van der Waals surface area (Å²) in [5.74, 6) is -1.75. The molecule has 0 aliphatic carbocycles. The number of carbonyl (C=O) groups excluding carboxylic acids is 3. The van der Waals surface area contributed by atoms with Gasteiger partial charge in [-0.15, -0.1) is 0 Å². The largest absolute Gasteiger partial charge is 0.455 e. The van der Waals surface area contributed by atoms with Crippen molar-refractivity contribution in [2.24, 2.45) is 5.92 Å². The zero-order valence-electron chi connectivity index (χ0n) is 16.7. The Morgan fingerprint density at radius 2 is 2.00 bits per heavy atom. The van der Waals surface area contributed by atoms with Gasteiger partial charge in [0.05, 0.1) is 10.9 Å². The van der Waals surface area contributed by atoms with Gasteiger partial charge in [0.1, 0.15) is 0 Å². The van der Waals surface area contributed by atoms with Crippen LogP contribution in [0.1, 0.15) is 24.5 Å². The van der Waals surface area contributed by atoms with Gasteiger partial charge in [-0.3, -0.25) is 14.4 Å². The summed E-state index contributed by atoms with van der Waals surface area (Å²) in [7, 11) is 0. The Morgan fingerprint density at radius 1 is 1.27 bits per heavy atom. The van der Waals surface area contributed by atoms with Crippen LogP contribution in [-0.2, 0) is 25.5 Å². The van der Waals surface area contributed by atoms with Gasteiger partial charge >= 0.3 is 5.97 Å². The number of aryl methyl sites for hydroxylation is 1. The minimum Gasteiger partial charge on any atom is -0.455 e. The zero-order chi connectivity index (χ0) is 21.8. The lowest BCUT2D eigenvalue weighted by molar-refractivity contribution is -0.151. The van der Waals surface area contributed by atoms with Crippen LogP contribution in [0.4, 0.5) is 11.4 Å². The average molecular weight is 494 g/mol. The molecule has 2 amide bonds. The van der Waals surface area contributed by atoms with Crippen LogP contribution < -0.4 is 10.2 Å². The van der Waals surface area contributed by atoms with E-state index in [0.717, 1.165) is 22.1 Å². The normalized spacial score (nSPS) is 15.9. The maximum Gasteiger partial charge on any atom is 0.311 e. The topological polar surface area (TPSA) is 75.7 Å². The molecule has 1 atom stereocenters. The average Bonchev–Trinajstić information content (AvgIpc) is 3.14. The van der Waals surface area contributed by atoms with E-state index in [9.17, 15) is 14.4 Å². The first-order chi connectivity index (χ1) is 14.3. The van der Waals surface area contributed by atoms with Crippen molar-refractivity contribution in [3.63, 3.8) is 0 Å². The molecular formula is C22H22BrClN2O4. The highest BCUT2D eigenvalue weighted by Crippen LogP contribution is 2.31. The highest BCUT2D eigenvalue weighted by Gasteiger charge is 2.37. The Bertz CT molecular complexity index is 995. The Balaban J connectivity index is 1.57. The van der Waals surface area contributed by atoms with Gasteiger partial charge in [-0.05, 0) is 58.6 Å². The van der Waals surface area contributed by atoms with Crippen molar-refractivity contribution in [1.82, 2.24) is 0 Å². The Labute approximate surface area is 188 Å². The molecule has 1 N–H and O–H groups in total. The van der Waals surface area contributed by atoms with Crippen LogP contribution in [0.5, 0.6) is 0 Å². The van der Waals surface area contributed by atoms with Crippen LogP contribution in [-0.4, -0.2) is 30.9 Å². The van der Waals surface area contributed by atoms with Gasteiger partial charge in [0, 0.05) is 28.8 Å². The maximum absolute atomic E-state index is 12.5. The summed E-state index contributed by atoms with van der Waals surface area (Å²) < 4.78 is 5.90. The summed E-state index contributed by atoms with van der Waals surface area (Å²) in [6.07, 6.45) is 0.856. The Morgan fingerprint density at radius 3 is 2.73 bits per heavy atom. The van der Waals surface area contributed by atoms with E-state index in [2.05, 4.69) is 21.2 Å². The minimum absolute atomic E-state index is 0.0694. The number of halogens is 2. The standard InChI is InChI=1S/C22H22BrClN2O4/c1-3-14-6-4-5-7-18(14)26-11-15(10-20(26)28)22(29)30-12-19(27)25-17-9-8-16(23)21(24)13(17)2/h4-9,15H,3,10-12H2,1-2H3,(H,25,27)/t15-/m1/s1. The number of hydrogen-bond acceptors (Lipinski definition) is 4. The molecule has 1 saturated heterocycles. The fraction of sp³-hybridized carbons (Fsp3) is 0.318. The number of para-hydroxylation sites is 1. The molecule has 0 aromatic heterocycles. The molecule has 1 aliphatic heterocycles. The molecule has 0 saturated carbocycles. The number of nitrogens with zero attached hydrogens (tertiary/aromatic N) is 1. The maximum atomic E-state index is 12.5. The van der Waals surface area contributed by atoms with Crippen LogP contribution in [0, 0.1) is 12.8 Å². The predicted octanol–water partition coefficient (Wildman–Crippen LogP) is 4.51. The highest BCUT2D eigenvalue weighted by molar-refractivity contribution is 9.10. The second-order valence-corrected chi connectivity index (χ2v) is 8.31. The van der Waals surface area contributed by atoms with Gasteiger partial charge in [-0.2, -0.15) is 0 Å². The molecule has 8 heteroatoms. The quantitative estimate of drug-likeness (QED) is 0.601. The SMILES string of the molecule is CCc1ccccc1N1C[C@H](C(=O)OCC(=O)Nc2ccc(Br)c(Cl)c2C)CC1=O. The van der Waals surface area contributed by atoms with E-state index < -0.39 is 24.4 Å². The first-order valence-electron chi connectivity index (χ1n) is 9.61. The van der Waals surface area contributed by atoms with Gasteiger partial charge in [0.25, 0.3) is 5.91 Å². The molecule has 2 aromatic rings. The van der Waals surface area contributed by atoms with E-state index in [1.807, 2.05) is 31.2 Å². The Hall–Kier alpha value is -2.38. The fourth-order valence-corrected chi connectivity index (χ4v) is 3.99. The molecular weight excluding hydrogens is 472 g/mol. The summed E-state index contributed by atoms with van der Waals surface area (Å²) in [6.45, 7) is 3.62. The number of nitrogens with one attached hydrogen (secondary N) is 1. The zero-order valence-corrected chi connectivity index (χ0v) is 19.0. The van der Waals surface area contributed by atoms with E-state index >= 15 is 0 Å². The summed E-state index contributed by atoms with van der Waals surface area (Å²) >= 11 is 9.48. The first kappa shape index (κ1) is 22.3. The monoisotopic (exact) mass is 492 g/mol. The van der Waals surface area contributed by atoms with E-state index in [4.69, 9.17) is 16.3 Å². The summed E-state index contributed by atoms with van der Waals surface area (Å²) in [4.78, 5) is 38.7. The number of carbonyl (C=O) groups is 3. The number of hydrogen-bond donors (Lipinski definition) is 1. The van der Waals surface area contributed by atoms with Crippen molar-refractivity contribution in [3.8, 4) is 0 Å². The molecule has 0 radical (unpaired) electrons. The van der Waals surface area contributed by atoms with Crippen molar-refractivity contribution in [2.45, 2.75) is 26.7 Å². The number of rotatable bonds is 6. The van der Waals surface area contributed by atoms with Gasteiger partial charge in [-0.1, -0.05) is 36.7 Å². The molecule has 6 nitrogen and oxygen atoms in total. The minimum atomic E-state index is -0.598. The second kappa shape index (κ2) is 9.62.